The van der Waals surface area contributed by atoms with Gasteiger partial charge in [0.15, 0.2) is 5.82 Å². The lowest BCUT2D eigenvalue weighted by Crippen LogP contribution is -2.60. The van der Waals surface area contributed by atoms with Gasteiger partial charge in [-0.2, -0.15) is 9.36 Å². The third-order valence-electron chi connectivity index (χ3n) is 3.81. The molecule has 1 aliphatic rings. The number of benzene rings is 1. The van der Waals surface area contributed by atoms with E-state index >= 15 is 0 Å². The second kappa shape index (κ2) is 4.85. The second-order valence-electron chi connectivity index (χ2n) is 5.40. The zero-order valence-electron chi connectivity index (χ0n) is 11.9. The van der Waals surface area contributed by atoms with Crippen LogP contribution in [-0.2, 0) is 12.6 Å². The van der Waals surface area contributed by atoms with Gasteiger partial charge in [0.1, 0.15) is 5.60 Å². The fourth-order valence-corrected chi connectivity index (χ4v) is 3.33. The molecule has 1 fully saturated rings. The minimum absolute atomic E-state index is 0.470. The normalized spacial score (nSPS) is 16.5. The molecule has 0 radical (unpaired) electrons. The van der Waals surface area contributed by atoms with Crippen LogP contribution in [-0.4, -0.2) is 42.5 Å². The lowest BCUT2D eigenvalue weighted by Gasteiger charge is -2.45. The van der Waals surface area contributed by atoms with Crippen molar-refractivity contribution in [3.05, 3.63) is 42.2 Å². The average molecular weight is 314 g/mol. The van der Waals surface area contributed by atoms with Crippen molar-refractivity contribution in [2.24, 2.45) is 7.05 Å². The Labute approximate surface area is 131 Å². The van der Waals surface area contributed by atoms with Crippen LogP contribution < -0.4 is 4.90 Å². The van der Waals surface area contributed by atoms with Gasteiger partial charge in [0.05, 0.1) is 25.0 Å². The number of rotatable bonds is 3. The number of aryl methyl sites for hydroxylation is 1. The number of hydrogen-bond donors (Lipinski definition) is 1. The molecular weight excluding hydrogens is 300 g/mol. The Hall–Kier alpha value is -2.32. The lowest BCUT2D eigenvalue weighted by atomic mass is 9.91. The predicted molar refractivity (Wildman–Crippen MR) is 82.5 cm³/mol. The lowest BCUT2D eigenvalue weighted by molar-refractivity contribution is -0.0000398. The highest BCUT2D eigenvalue weighted by molar-refractivity contribution is 7.09. The molecule has 0 atom stereocenters. The summed E-state index contributed by atoms with van der Waals surface area (Å²) in [4.78, 5) is 6.57. The number of hydrogen-bond acceptors (Lipinski definition) is 7. The monoisotopic (exact) mass is 314 g/mol. The van der Waals surface area contributed by atoms with Gasteiger partial charge in [0.25, 0.3) is 0 Å². The number of nitrogens with zero attached hydrogens (tertiary/aromatic N) is 6. The van der Waals surface area contributed by atoms with Crippen molar-refractivity contribution in [1.82, 2.24) is 24.4 Å². The van der Waals surface area contributed by atoms with Gasteiger partial charge in [-0.1, -0.05) is 35.5 Å². The molecule has 1 saturated heterocycles. The maximum atomic E-state index is 10.6. The summed E-state index contributed by atoms with van der Waals surface area (Å²) in [6.07, 6.45) is 1.60. The summed E-state index contributed by atoms with van der Waals surface area (Å²) in [6.45, 7) is 0.940. The standard InChI is InChI=1S/C14H14N6OS/c1-19-11(7-15-18-19)14(21)8-20(9-14)13-16-12(17-22-13)10-5-3-2-4-6-10/h2-7,21H,8-9H2,1H3. The van der Waals surface area contributed by atoms with Crippen molar-refractivity contribution in [1.29, 1.82) is 0 Å². The van der Waals surface area contributed by atoms with Crippen molar-refractivity contribution >= 4 is 16.7 Å². The Morgan fingerprint density at radius 3 is 2.68 bits per heavy atom. The minimum Gasteiger partial charge on any atom is -0.380 e. The van der Waals surface area contributed by atoms with Gasteiger partial charge in [-0.05, 0) is 0 Å². The number of anilines is 1. The second-order valence-corrected chi connectivity index (χ2v) is 6.13. The molecule has 1 N–H and O–H groups in total. The van der Waals surface area contributed by atoms with Gasteiger partial charge in [-0.15, -0.1) is 5.10 Å². The number of aromatic nitrogens is 5. The smallest absolute Gasteiger partial charge is 0.205 e. The summed E-state index contributed by atoms with van der Waals surface area (Å²) in [7, 11) is 1.78. The maximum absolute atomic E-state index is 10.6. The van der Waals surface area contributed by atoms with Crippen LogP contribution in [0.2, 0.25) is 0 Å². The first-order chi connectivity index (χ1) is 10.7. The topological polar surface area (TPSA) is 80.0 Å². The van der Waals surface area contributed by atoms with E-state index in [1.54, 1.807) is 17.9 Å². The van der Waals surface area contributed by atoms with Crippen molar-refractivity contribution < 1.29 is 5.11 Å². The van der Waals surface area contributed by atoms with E-state index in [0.29, 0.717) is 13.1 Å². The van der Waals surface area contributed by atoms with Crippen LogP contribution in [0.15, 0.2) is 36.5 Å². The first kappa shape index (κ1) is 13.4. The SMILES string of the molecule is Cn1nncc1C1(O)CN(c2nc(-c3ccccc3)ns2)C1. The summed E-state index contributed by atoms with van der Waals surface area (Å²) in [5.41, 5.74) is 0.796. The van der Waals surface area contributed by atoms with E-state index in [2.05, 4.69) is 19.7 Å². The third kappa shape index (κ3) is 2.08. The van der Waals surface area contributed by atoms with E-state index < -0.39 is 5.60 Å². The highest BCUT2D eigenvalue weighted by atomic mass is 32.1. The van der Waals surface area contributed by atoms with E-state index in [9.17, 15) is 5.11 Å². The van der Waals surface area contributed by atoms with Crippen LogP contribution in [0.25, 0.3) is 11.4 Å². The van der Waals surface area contributed by atoms with Gasteiger partial charge < -0.3 is 10.0 Å². The van der Waals surface area contributed by atoms with Gasteiger partial charge in [0.2, 0.25) is 5.13 Å². The van der Waals surface area contributed by atoms with Gasteiger partial charge in [-0.3, -0.25) is 0 Å². The highest BCUT2D eigenvalue weighted by Crippen LogP contribution is 2.36. The fourth-order valence-electron chi connectivity index (χ4n) is 2.64. The van der Waals surface area contributed by atoms with E-state index in [-0.39, 0.29) is 0 Å². The number of β-amino-alcohol motifs (C(OH)–C–C–N with tert-alkyl or cyclic N) is 1. The van der Waals surface area contributed by atoms with E-state index in [1.165, 1.54) is 11.5 Å². The zero-order valence-corrected chi connectivity index (χ0v) is 12.7. The van der Waals surface area contributed by atoms with Crippen molar-refractivity contribution in [2.45, 2.75) is 5.60 Å². The summed E-state index contributed by atoms with van der Waals surface area (Å²) < 4.78 is 6.00. The van der Waals surface area contributed by atoms with Crippen LogP contribution in [0.4, 0.5) is 5.13 Å². The molecule has 0 unspecified atom stereocenters. The summed E-state index contributed by atoms with van der Waals surface area (Å²) >= 11 is 1.35. The molecule has 7 nitrogen and oxygen atoms in total. The van der Waals surface area contributed by atoms with Crippen molar-refractivity contribution in [3.8, 4) is 11.4 Å². The molecular formula is C14H14N6OS. The van der Waals surface area contributed by atoms with Crippen molar-refractivity contribution in [3.63, 3.8) is 0 Å². The quantitative estimate of drug-likeness (QED) is 0.778. The van der Waals surface area contributed by atoms with Gasteiger partial charge in [-0.25, -0.2) is 4.68 Å². The van der Waals surface area contributed by atoms with Crippen LogP contribution in [0, 0.1) is 0 Å². The molecule has 22 heavy (non-hydrogen) atoms. The fraction of sp³-hybridized carbons (Fsp3) is 0.286. The Bertz CT molecular complexity index is 793. The Morgan fingerprint density at radius 2 is 2.00 bits per heavy atom. The predicted octanol–water partition coefficient (Wildman–Crippen LogP) is 1.04. The molecule has 0 saturated carbocycles. The first-order valence-electron chi connectivity index (χ1n) is 6.87. The molecule has 2 aromatic heterocycles. The molecule has 0 bridgehead atoms. The Morgan fingerprint density at radius 1 is 1.23 bits per heavy atom. The molecule has 4 rings (SSSR count). The van der Waals surface area contributed by atoms with Gasteiger partial charge in [0, 0.05) is 24.1 Å². The third-order valence-corrected chi connectivity index (χ3v) is 4.59. The highest BCUT2D eigenvalue weighted by Gasteiger charge is 2.46. The molecule has 1 aliphatic heterocycles. The Balaban J connectivity index is 1.52. The maximum Gasteiger partial charge on any atom is 0.205 e. The summed E-state index contributed by atoms with van der Waals surface area (Å²) in [5.74, 6) is 0.721. The Kier molecular flexibility index (Phi) is 2.95. The molecule has 0 aliphatic carbocycles. The molecule has 0 spiro atoms. The van der Waals surface area contributed by atoms with E-state index in [1.807, 2.05) is 35.2 Å². The largest absolute Gasteiger partial charge is 0.380 e. The molecule has 1 aromatic carbocycles. The summed E-state index contributed by atoms with van der Waals surface area (Å²) in [6, 6.07) is 9.87. The minimum atomic E-state index is -0.920. The van der Waals surface area contributed by atoms with Gasteiger partial charge >= 0.3 is 0 Å². The van der Waals surface area contributed by atoms with E-state index in [0.717, 1.165) is 22.2 Å². The van der Waals surface area contributed by atoms with E-state index in [4.69, 9.17) is 0 Å². The molecule has 112 valence electrons. The molecule has 3 heterocycles. The van der Waals surface area contributed by atoms with Crippen LogP contribution in [0.1, 0.15) is 5.69 Å². The molecule has 8 heteroatoms. The average Bonchev–Trinajstić information content (AvgIpc) is 3.14. The summed E-state index contributed by atoms with van der Waals surface area (Å²) in [5, 5.41) is 19.1. The zero-order chi connectivity index (χ0) is 15.2. The first-order valence-corrected chi connectivity index (χ1v) is 7.65. The van der Waals surface area contributed by atoms with Crippen molar-refractivity contribution in [2.75, 3.05) is 18.0 Å². The van der Waals surface area contributed by atoms with Crippen LogP contribution in [0.3, 0.4) is 0 Å². The van der Waals surface area contributed by atoms with Crippen LogP contribution in [0.5, 0.6) is 0 Å². The number of aliphatic hydroxyl groups is 1. The molecule has 0 amide bonds. The molecule has 3 aromatic rings. The van der Waals surface area contributed by atoms with Crippen LogP contribution >= 0.6 is 11.5 Å².